The number of halogens is 3. The standard InChI is InChI=1S/C32H37F3O2/c1-3-5-6-7-20-37-30-19-18-28(31(34)32(30)35)24-10-8-22(9-11-24)25-14-17-27(29(33)21-25)23-12-15-26(16-13-23)36-4-2/h8-11,14,17-19,21,23,26H,3-7,12-13,15-16,20H2,1-2H3. The summed E-state index contributed by atoms with van der Waals surface area (Å²) >= 11 is 0. The van der Waals surface area contributed by atoms with Crippen molar-refractivity contribution in [2.75, 3.05) is 13.2 Å². The molecule has 198 valence electrons. The second-order valence-electron chi connectivity index (χ2n) is 9.89. The Bertz CT molecular complexity index is 1150. The van der Waals surface area contributed by atoms with Gasteiger partial charge in [0.15, 0.2) is 11.6 Å². The van der Waals surface area contributed by atoms with E-state index < -0.39 is 11.6 Å². The smallest absolute Gasteiger partial charge is 0.201 e. The van der Waals surface area contributed by atoms with Gasteiger partial charge in [0, 0.05) is 12.2 Å². The predicted octanol–water partition coefficient (Wildman–Crippen LogP) is 9.46. The van der Waals surface area contributed by atoms with Crippen molar-refractivity contribution in [3.63, 3.8) is 0 Å². The van der Waals surface area contributed by atoms with Gasteiger partial charge in [-0.1, -0.05) is 62.6 Å². The minimum absolute atomic E-state index is 0.0590. The van der Waals surface area contributed by atoms with Crippen molar-refractivity contribution in [2.24, 2.45) is 0 Å². The Labute approximate surface area is 218 Å². The number of rotatable bonds is 11. The molecular weight excluding hydrogens is 473 g/mol. The largest absolute Gasteiger partial charge is 0.490 e. The second kappa shape index (κ2) is 13.1. The summed E-state index contributed by atoms with van der Waals surface area (Å²) in [4.78, 5) is 0. The highest BCUT2D eigenvalue weighted by Crippen LogP contribution is 2.37. The molecule has 0 saturated heterocycles. The molecular formula is C32H37F3O2. The first-order chi connectivity index (χ1) is 18.0. The Morgan fingerprint density at radius 2 is 1.43 bits per heavy atom. The van der Waals surface area contributed by atoms with Gasteiger partial charge in [0.05, 0.1) is 12.7 Å². The van der Waals surface area contributed by atoms with Crippen LogP contribution >= 0.6 is 0 Å². The molecule has 3 aromatic carbocycles. The van der Waals surface area contributed by atoms with Gasteiger partial charge in [0.25, 0.3) is 0 Å². The molecule has 37 heavy (non-hydrogen) atoms. The minimum Gasteiger partial charge on any atom is -0.490 e. The third-order valence-electron chi connectivity index (χ3n) is 7.35. The van der Waals surface area contributed by atoms with Crippen LogP contribution in [0.2, 0.25) is 0 Å². The van der Waals surface area contributed by atoms with E-state index in [4.69, 9.17) is 9.47 Å². The zero-order valence-corrected chi connectivity index (χ0v) is 21.9. The third kappa shape index (κ3) is 6.75. The van der Waals surface area contributed by atoms with Gasteiger partial charge in [-0.2, -0.15) is 4.39 Å². The highest BCUT2D eigenvalue weighted by molar-refractivity contribution is 5.71. The van der Waals surface area contributed by atoms with Crippen LogP contribution in [-0.2, 0) is 4.74 Å². The van der Waals surface area contributed by atoms with Crippen molar-refractivity contribution in [3.05, 3.63) is 77.6 Å². The van der Waals surface area contributed by atoms with Gasteiger partial charge in [0.1, 0.15) is 5.82 Å². The number of unbranched alkanes of at least 4 members (excludes halogenated alkanes) is 3. The van der Waals surface area contributed by atoms with Crippen LogP contribution in [0.15, 0.2) is 54.6 Å². The summed E-state index contributed by atoms with van der Waals surface area (Å²) in [5, 5.41) is 0. The first-order valence-electron chi connectivity index (χ1n) is 13.6. The molecule has 0 heterocycles. The van der Waals surface area contributed by atoms with Crippen molar-refractivity contribution in [2.45, 2.75) is 77.2 Å². The molecule has 3 aromatic rings. The van der Waals surface area contributed by atoms with Gasteiger partial charge in [-0.15, -0.1) is 0 Å². The highest BCUT2D eigenvalue weighted by Gasteiger charge is 2.24. The van der Waals surface area contributed by atoms with E-state index in [1.165, 1.54) is 6.07 Å². The van der Waals surface area contributed by atoms with E-state index in [1.807, 2.05) is 31.2 Å². The molecule has 1 aliphatic carbocycles. The lowest BCUT2D eigenvalue weighted by molar-refractivity contribution is 0.0326. The van der Waals surface area contributed by atoms with Crippen LogP contribution in [0.4, 0.5) is 13.2 Å². The van der Waals surface area contributed by atoms with Gasteiger partial charge >= 0.3 is 0 Å². The maximum Gasteiger partial charge on any atom is 0.201 e. The molecule has 0 atom stereocenters. The lowest BCUT2D eigenvalue weighted by Crippen LogP contribution is -2.21. The van der Waals surface area contributed by atoms with E-state index in [0.717, 1.165) is 74.7 Å². The molecule has 0 bridgehead atoms. The quantitative estimate of drug-likeness (QED) is 0.239. The van der Waals surface area contributed by atoms with E-state index in [9.17, 15) is 8.78 Å². The minimum atomic E-state index is -0.968. The highest BCUT2D eigenvalue weighted by atomic mass is 19.2. The van der Waals surface area contributed by atoms with E-state index in [0.29, 0.717) is 18.3 Å². The SMILES string of the molecule is CCCCCCOc1ccc(-c2ccc(-c3ccc(C4CCC(OCC)CC4)c(F)c3)cc2)c(F)c1F. The van der Waals surface area contributed by atoms with Gasteiger partial charge in [-0.3, -0.25) is 0 Å². The average Bonchev–Trinajstić information content (AvgIpc) is 2.92. The van der Waals surface area contributed by atoms with Crippen LogP contribution in [0.5, 0.6) is 5.75 Å². The van der Waals surface area contributed by atoms with E-state index >= 15 is 4.39 Å². The molecule has 0 amide bonds. The zero-order chi connectivity index (χ0) is 26.2. The van der Waals surface area contributed by atoms with Crippen LogP contribution in [0.25, 0.3) is 22.3 Å². The predicted molar refractivity (Wildman–Crippen MR) is 143 cm³/mol. The van der Waals surface area contributed by atoms with Crippen LogP contribution in [0.3, 0.4) is 0 Å². The normalized spacial score (nSPS) is 17.6. The Morgan fingerprint density at radius 1 is 0.730 bits per heavy atom. The molecule has 0 unspecified atom stereocenters. The monoisotopic (exact) mass is 510 g/mol. The number of ether oxygens (including phenoxy) is 2. The molecule has 4 rings (SSSR count). The number of hydrogen-bond acceptors (Lipinski definition) is 2. The van der Waals surface area contributed by atoms with E-state index in [-0.39, 0.29) is 23.0 Å². The summed E-state index contributed by atoms with van der Waals surface area (Å²) in [7, 11) is 0. The summed E-state index contributed by atoms with van der Waals surface area (Å²) in [5.41, 5.74) is 3.07. The van der Waals surface area contributed by atoms with Crippen LogP contribution in [0, 0.1) is 17.5 Å². The van der Waals surface area contributed by atoms with Crippen molar-refractivity contribution in [1.29, 1.82) is 0 Å². The number of benzene rings is 3. The summed E-state index contributed by atoms with van der Waals surface area (Å²) in [6, 6.07) is 15.5. The molecule has 1 saturated carbocycles. The molecule has 0 radical (unpaired) electrons. The summed E-state index contributed by atoms with van der Waals surface area (Å²) in [5.74, 6) is -1.93. The van der Waals surface area contributed by atoms with Crippen molar-refractivity contribution < 1.29 is 22.6 Å². The van der Waals surface area contributed by atoms with Crippen LogP contribution in [-0.4, -0.2) is 19.3 Å². The van der Waals surface area contributed by atoms with E-state index in [1.54, 1.807) is 24.3 Å². The zero-order valence-electron chi connectivity index (χ0n) is 21.9. The van der Waals surface area contributed by atoms with Gasteiger partial charge in [-0.25, -0.2) is 8.78 Å². The third-order valence-corrected chi connectivity index (χ3v) is 7.35. The summed E-state index contributed by atoms with van der Waals surface area (Å²) in [6.07, 6.45) is 8.10. The average molecular weight is 511 g/mol. The topological polar surface area (TPSA) is 18.5 Å². The maximum absolute atomic E-state index is 15.1. The summed E-state index contributed by atoms with van der Waals surface area (Å²) in [6.45, 7) is 5.21. The lowest BCUT2D eigenvalue weighted by Gasteiger charge is -2.28. The molecule has 5 heteroatoms. The second-order valence-corrected chi connectivity index (χ2v) is 9.89. The Balaban J connectivity index is 1.43. The number of hydrogen-bond donors (Lipinski definition) is 0. The van der Waals surface area contributed by atoms with Gasteiger partial charge in [-0.05, 0) is 85.4 Å². The Morgan fingerprint density at radius 3 is 2.11 bits per heavy atom. The Kier molecular flexibility index (Phi) is 9.68. The maximum atomic E-state index is 15.1. The van der Waals surface area contributed by atoms with Crippen molar-refractivity contribution in [1.82, 2.24) is 0 Å². The first-order valence-corrected chi connectivity index (χ1v) is 13.6. The van der Waals surface area contributed by atoms with Crippen LogP contribution < -0.4 is 4.74 Å². The lowest BCUT2D eigenvalue weighted by atomic mass is 9.82. The molecule has 2 nitrogen and oxygen atoms in total. The molecule has 1 fully saturated rings. The van der Waals surface area contributed by atoms with Crippen molar-refractivity contribution in [3.8, 4) is 28.0 Å². The fourth-order valence-corrected chi connectivity index (χ4v) is 5.23. The fraction of sp³-hybridized carbons (Fsp3) is 0.438. The van der Waals surface area contributed by atoms with E-state index in [2.05, 4.69) is 6.92 Å². The molecule has 0 N–H and O–H groups in total. The molecule has 0 aliphatic heterocycles. The molecule has 1 aliphatic rings. The van der Waals surface area contributed by atoms with Crippen LogP contribution in [0.1, 0.15) is 76.7 Å². The van der Waals surface area contributed by atoms with Gasteiger partial charge < -0.3 is 9.47 Å². The van der Waals surface area contributed by atoms with Gasteiger partial charge in [0.2, 0.25) is 5.82 Å². The fourth-order valence-electron chi connectivity index (χ4n) is 5.23. The Hall–Kier alpha value is -2.79. The molecule has 0 spiro atoms. The van der Waals surface area contributed by atoms with Crippen molar-refractivity contribution >= 4 is 0 Å². The first kappa shape index (κ1) is 27.3. The molecule has 0 aromatic heterocycles. The summed E-state index contributed by atoms with van der Waals surface area (Å²) < 4.78 is 55.7.